The van der Waals surface area contributed by atoms with Gasteiger partial charge in [-0.3, -0.25) is 9.59 Å². The molecule has 0 fully saturated rings. The number of likely N-dealkylation sites (N-methyl/N-ethyl adjacent to an activating group) is 1. The summed E-state index contributed by atoms with van der Waals surface area (Å²) in [5.74, 6) is 0.349. The Balaban J connectivity index is 1.56. The first-order valence-corrected chi connectivity index (χ1v) is 11.7. The zero-order chi connectivity index (χ0) is 27.4. The topological polar surface area (TPSA) is 71.4 Å². The Labute approximate surface area is 218 Å². The minimum atomic E-state index is -4.50. The maximum absolute atomic E-state index is 13.4. The van der Waals surface area contributed by atoms with Gasteiger partial charge in [0.05, 0.1) is 31.5 Å². The molecular formula is C28H26F3N3O4. The van der Waals surface area contributed by atoms with Gasteiger partial charge in [-0.15, -0.1) is 0 Å². The van der Waals surface area contributed by atoms with E-state index in [-0.39, 0.29) is 12.1 Å². The number of amides is 2. The number of ether oxygens (including phenoxy) is 2. The maximum atomic E-state index is 13.4. The maximum Gasteiger partial charge on any atom is 0.416 e. The van der Waals surface area contributed by atoms with Crippen molar-refractivity contribution in [3.8, 4) is 11.5 Å². The first-order chi connectivity index (χ1) is 18.1. The van der Waals surface area contributed by atoms with Gasteiger partial charge in [-0.2, -0.15) is 18.3 Å². The largest absolute Gasteiger partial charge is 0.497 e. The molecule has 0 aromatic heterocycles. The van der Waals surface area contributed by atoms with Gasteiger partial charge < -0.3 is 14.4 Å². The fourth-order valence-electron chi connectivity index (χ4n) is 4.15. The van der Waals surface area contributed by atoms with Crippen LogP contribution in [-0.2, 0) is 11.0 Å². The molecule has 0 aliphatic carbocycles. The van der Waals surface area contributed by atoms with Crippen molar-refractivity contribution in [3.63, 3.8) is 0 Å². The summed E-state index contributed by atoms with van der Waals surface area (Å²) in [6, 6.07) is 18.1. The number of carbonyl (C=O) groups is 2. The lowest BCUT2D eigenvalue weighted by Crippen LogP contribution is -2.39. The molecule has 7 nitrogen and oxygen atoms in total. The van der Waals surface area contributed by atoms with E-state index >= 15 is 0 Å². The van der Waals surface area contributed by atoms with Gasteiger partial charge in [0.25, 0.3) is 11.8 Å². The van der Waals surface area contributed by atoms with E-state index in [2.05, 4.69) is 5.10 Å². The predicted molar refractivity (Wildman–Crippen MR) is 135 cm³/mol. The summed E-state index contributed by atoms with van der Waals surface area (Å²) in [7, 11) is 4.56. The molecule has 0 saturated heterocycles. The van der Waals surface area contributed by atoms with Crippen molar-refractivity contribution >= 4 is 17.5 Å². The fourth-order valence-corrected chi connectivity index (χ4v) is 4.15. The number of halogens is 3. The first kappa shape index (κ1) is 26.7. The van der Waals surface area contributed by atoms with E-state index < -0.39 is 29.6 Å². The molecule has 4 rings (SSSR count). The van der Waals surface area contributed by atoms with Crippen LogP contribution in [0.3, 0.4) is 0 Å². The van der Waals surface area contributed by atoms with Gasteiger partial charge in [-0.05, 0) is 71.8 Å². The molecule has 1 aliphatic rings. The highest BCUT2D eigenvalue weighted by atomic mass is 19.4. The van der Waals surface area contributed by atoms with Crippen LogP contribution < -0.4 is 9.47 Å². The average molecular weight is 526 g/mol. The van der Waals surface area contributed by atoms with E-state index in [1.165, 1.54) is 12.1 Å². The summed E-state index contributed by atoms with van der Waals surface area (Å²) < 4.78 is 49.0. The van der Waals surface area contributed by atoms with Crippen LogP contribution in [0, 0.1) is 0 Å². The van der Waals surface area contributed by atoms with Crippen LogP contribution in [0.4, 0.5) is 13.2 Å². The molecule has 0 radical (unpaired) electrons. The Morgan fingerprint density at radius 3 is 2.00 bits per heavy atom. The Morgan fingerprint density at radius 1 is 0.921 bits per heavy atom. The molecule has 0 N–H and O–H groups in total. The van der Waals surface area contributed by atoms with E-state index in [0.717, 1.165) is 40.3 Å². The number of methoxy groups -OCH3 is 2. The fraction of sp³-hybridized carbons (Fsp3) is 0.250. The number of hydrogen-bond acceptors (Lipinski definition) is 5. The van der Waals surface area contributed by atoms with Crippen molar-refractivity contribution < 1.29 is 32.2 Å². The van der Waals surface area contributed by atoms with E-state index in [4.69, 9.17) is 9.47 Å². The highest BCUT2D eigenvalue weighted by molar-refractivity contribution is 6.03. The highest BCUT2D eigenvalue weighted by Gasteiger charge is 2.34. The summed E-state index contributed by atoms with van der Waals surface area (Å²) in [6.07, 6.45) is -4.06. The molecular weight excluding hydrogens is 499 g/mol. The summed E-state index contributed by atoms with van der Waals surface area (Å²) in [5, 5.41) is 5.96. The van der Waals surface area contributed by atoms with E-state index in [1.54, 1.807) is 38.5 Å². The van der Waals surface area contributed by atoms with Gasteiger partial charge in [0.2, 0.25) is 0 Å². The quantitative estimate of drug-likeness (QED) is 0.427. The zero-order valence-electron chi connectivity index (χ0n) is 21.0. The van der Waals surface area contributed by atoms with Crippen molar-refractivity contribution in [2.24, 2.45) is 5.10 Å². The van der Waals surface area contributed by atoms with Crippen molar-refractivity contribution in [2.45, 2.75) is 18.6 Å². The molecule has 0 unspecified atom stereocenters. The minimum absolute atomic E-state index is 0.0452. The normalized spacial score (nSPS) is 15.2. The standard InChI is InChI=1S/C28H26F3N3O4/c1-33(27(36)20-4-10-21(11-5-20)28(29,30)31)17-26(35)34-25(19-8-14-23(38-3)15-9-19)16-24(32-34)18-6-12-22(37-2)13-7-18/h4-15,25H,16-17H2,1-3H3/t25-/m0/s1. The second-order valence-corrected chi connectivity index (χ2v) is 8.74. The molecule has 3 aromatic rings. The number of hydrazone groups is 1. The second kappa shape index (κ2) is 11.0. The van der Waals surface area contributed by atoms with E-state index in [1.807, 2.05) is 24.3 Å². The number of nitrogens with zero attached hydrogens (tertiary/aromatic N) is 3. The average Bonchev–Trinajstić information content (AvgIpc) is 3.38. The zero-order valence-corrected chi connectivity index (χ0v) is 21.0. The molecule has 38 heavy (non-hydrogen) atoms. The molecule has 1 atom stereocenters. The molecule has 3 aromatic carbocycles. The molecule has 0 spiro atoms. The summed E-state index contributed by atoms with van der Waals surface area (Å²) in [4.78, 5) is 27.4. The molecule has 2 amide bonds. The second-order valence-electron chi connectivity index (χ2n) is 8.74. The summed E-state index contributed by atoms with van der Waals surface area (Å²) in [5.41, 5.74) is 1.55. The van der Waals surface area contributed by atoms with Crippen molar-refractivity contribution in [1.82, 2.24) is 9.91 Å². The summed E-state index contributed by atoms with van der Waals surface area (Å²) in [6.45, 7) is -0.314. The Kier molecular flexibility index (Phi) is 7.70. The third-order valence-corrected chi connectivity index (χ3v) is 6.27. The molecule has 1 aliphatic heterocycles. The van der Waals surface area contributed by atoms with Crippen molar-refractivity contribution in [2.75, 3.05) is 27.8 Å². The molecule has 10 heteroatoms. The first-order valence-electron chi connectivity index (χ1n) is 11.7. The van der Waals surface area contributed by atoms with Crippen LogP contribution >= 0.6 is 0 Å². The Bertz CT molecular complexity index is 1320. The van der Waals surface area contributed by atoms with Gasteiger partial charge >= 0.3 is 6.18 Å². The van der Waals surface area contributed by atoms with Crippen LogP contribution in [-0.4, -0.2) is 55.2 Å². The van der Waals surface area contributed by atoms with Crippen LogP contribution in [0.15, 0.2) is 77.9 Å². The Morgan fingerprint density at radius 2 is 1.47 bits per heavy atom. The lowest BCUT2D eigenvalue weighted by Gasteiger charge is -2.25. The predicted octanol–water partition coefficient (Wildman–Crippen LogP) is 5.17. The molecule has 0 bridgehead atoms. The van der Waals surface area contributed by atoms with Crippen LogP contribution in [0.1, 0.15) is 39.5 Å². The molecule has 1 heterocycles. The third-order valence-electron chi connectivity index (χ3n) is 6.27. The number of alkyl halides is 3. The van der Waals surface area contributed by atoms with Crippen LogP contribution in [0.2, 0.25) is 0 Å². The number of hydrogen-bond donors (Lipinski definition) is 0. The number of carbonyl (C=O) groups excluding carboxylic acids is 2. The SMILES string of the molecule is COc1ccc(C2=NN(C(=O)CN(C)C(=O)c3ccc(C(F)(F)F)cc3)[C@H](c3ccc(OC)cc3)C2)cc1. The van der Waals surface area contributed by atoms with Crippen LogP contribution in [0.5, 0.6) is 11.5 Å². The van der Waals surface area contributed by atoms with Crippen molar-refractivity contribution in [3.05, 3.63) is 95.1 Å². The van der Waals surface area contributed by atoms with E-state index in [0.29, 0.717) is 23.6 Å². The smallest absolute Gasteiger partial charge is 0.416 e. The Hall–Kier alpha value is -4.34. The van der Waals surface area contributed by atoms with Gasteiger partial charge in [-0.1, -0.05) is 12.1 Å². The highest BCUT2D eigenvalue weighted by Crippen LogP contribution is 2.34. The van der Waals surface area contributed by atoms with Gasteiger partial charge in [0, 0.05) is 19.0 Å². The lowest BCUT2D eigenvalue weighted by atomic mass is 9.98. The number of rotatable bonds is 7. The van der Waals surface area contributed by atoms with Gasteiger partial charge in [0.1, 0.15) is 18.0 Å². The van der Waals surface area contributed by atoms with Gasteiger partial charge in [-0.25, -0.2) is 5.01 Å². The van der Waals surface area contributed by atoms with Gasteiger partial charge in [0.15, 0.2) is 0 Å². The third kappa shape index (κ3) is 5.80. The van der Waals surface area contributed by atoms with Crippen molar-refractivity contribution in [1.29, 1.82) is 0 Å². The monoisotopic (exact) mass is 525 g/mol. The minimum Gasteiger partial charge on any atom is -0.497 e. The molecule has 198 valence electrons. The molecule has 0 saturated carbocycles. The number of benzene rings is 3. The lowest BCUT2D eigenvalue weighted by molar-refractivity contribution is -0.137. The summed E-state index contributed by atoms with van der Waals surface area (Å²) >= 11 is 0. The van der Waals surface area contributed by atoms with Crippen LogP contribution in [0.25, 0.3) is 0 Å². The van der Waals surface area contributed by atoms with E-state index in [9.17, 15) is 22.8 Å².